The van der Waals surface area contributed by atoms with E-state index in [1.165, 1.54) is 11.4 Å². The van der Waals surface area contributed by atoms with Gasteiger partial charge in [-0.15, -0.1) is 0 Å². The monoisotopic (exact) mass is 253 g/mol. The summed E-state index contributed by atoms with van der Waals surface area (Å²) < 4.78 is 27.4. The molecule has 0 atom stereocenters. The van der Waals surface area contributed by atoms with E-state index in [-0.39, 0.29) is 6.04 Å². The zero-order valence-corrected chi connectivity index (χ0v) is 10.8. The molecule has 1 N–H and O–H groups in total. The molecule has 0 bridgehead atoms. The van der Waals surface area contributed by atoms with Gasteiger partial charge in [-0.2, -0.15) is 18.0 Å². The second-order valence-electron chi connectivity index (χ2n) is 3.91. The Hall–Kier alpha value is -1.58. The second kappa shape index (κ2) is 5.17. The van der Waals surface area contributed by atoms with Crippen LogP contribution in [0.15, 0.2) is 24.3 Å². The summed E-state index contributed by atoms with van der Waals surface area (Å²) >= 11 is 0. The van der Waals surface area contributed by atoms with Crippen LogP contribution in [0, 0.1) is 11.3 Å². The van der Waals surface area contributed by atoms with E-state index < -0.39 is 10.2 Å². The van der Waals surface area contributed by atoms with Gasteiger partial charge in [0.15, 0.2) is 0 Å². The highest BCUT2D eigenvalue weighted by molar-refractivity contribution is 7.90. The van der Waals surface area contributed by atoms with Gasteiger partial charge >= 0.3 is 10.2 Å². The van der Waals surface area contributed by atoms with Gasteiger partial charge < -0.3 is 0 Å². The van der Waals surface area contributed by atoms with Gasteiger partial charge in [-0.1, -0.05) is 0 Å². The van der Waals surface area contributed by atoms with E-state index in [0.29, 0.717) is 11.3 Å². The van der Waals surface area contributed by atoms with E-state index in [4.69, 9.17) is 5.26 Å². The lowest BCUT2D eigenvalue weighted by Gasteiger charge is -2.21. The summed E-state index contributed by atoms with van der Waals surface area (Å²) in [6.07, 6.45) is 0. The molecule has 0 aliphatic heterocycles. The van der Waals surface area contributed by atoms with Crippen LogP contribution in [0.2, 0.25) is 0 Å². The lowest BCUT2D eigenvalue weighted by Crippen LogP contribution is -2.37. The molecule has 1 rings (SSSR count). The van der Waals surface area contributed by atoms with E-state index >= 15 is 0 Å². The summed E-state index contributed by atoms with van der Waals surface area (Å²) in [5, 5.41) is 8.63. The zero-order valence-electron chi connectivity index (χ0n) is 10.0. The van der Waals surface area contributed by atoms with Crippen molar-refractivity contribution in [2.24, 2.45) is 0 Å². The van der Waals surface area contributed by atoms with Crippen LogP contribution in [0.3, 0.4) is 0 Å². The fraction of sp³-hybridized carbons (Fsp3) is 0.364. The quantitative estimate of drug-likeness (QED) is 0.884. The lowest BCUT2D eigenvalue weighted by atomic mass is 10.2. The average Bonchev–Trinajstić information content (AvgIpc) is 2.28. The lowest BCUT2D eigenvalue weighted by molar-refractivity contribution is 0.414. The maximum atomic E-state index is 11.8. The predicted molar refractivity (Wildman–Crippen MR) is 66.6 cm³/mol. The maximum absolute atomic E-state index is 11.8. The molecule has 0 spiro atoms. The second-order valence-corrected chi connectivity index (χ2v) is 5.64. The summed E-state index contributed by atoms with van der Waals surface area (Å²) in [4.78, 5) is 0. The van der Waals surface area contributed by atoms with Gasteiger partial charge in [0.25, 0.3) is 0 Å². The third-order valence-corrected chi connectivity index (χ3v) is 4.04. The fourth-order valence-corrected chi connectivity index (χ4v) is 2.24. The first-order valence-corrected chi connectivity index (χ1v) is 6.57. The van der Waals surface area contributed by atoms with Crippen LogP contribution in [0.5, 0.6) is 0 Å². The van der Waals surface area contributed by atoms with Crippen LogP contribution in [0.1, 0.15) is 19.4 Å². The molecular formula is C11H15N3O2S. The van der Waals surface area contributed by atoms with Crippen molar-refractivity contribution in [1.82, 2.24) is 4.31 Å². The van der Waals surface area contributed by atoms with Crippen molar-refractivity contribution >= 4 is 15.9 Å². The first-order chi connectivity index (χ1) is 7.86. The molecule has 0 fully saturated rings. The summed E-state index contributed by atoms with van der Waals surface area (Å²) in [6, 6.07) is 8.10. The molecule has 1 aromatic carbocycles. The van der Waals surface area contributed by atoms with Crippen LogP contribution in [-0.4, -0.2) is 25.8 Å². The minimum Gasteiger partial charge on any atom is -0.271 e. The van der Waals surface area contributed by atoms with Gasteiger partial charge in [-0.3, -0.25) is 4.72 Å². The number of hydrogen-bond acceptors (Lipinski definition) is 3. The molecule has 0 saturated heterocycles. The van der Waals surface area contributed by atoms with Crippen molar-refractivity contribution in [1.29, 1.82) is 5.26 Å². The molecular weight excluding hydrogens is 238 g/mol. The van der Waals surface area contributed by atoms with Gasteiger partial charge in [-0.05, 0) is 38.1 Å². The van der Waals surface area contributed by atoms with Gasteiger partial charge in [0, 0.05) is 18.8 Å². The Kier molecular flexibility index (Phi) is 4.10. The highest BCUT2D eigenvalue weighted by Crippen LogP contribution is 2.13. The highest BCUT2D eigenvalue weighted by Gasteiger charge is 2.19. The normalized spacial score (nSPS) is 11.5. The molecule has 1 aromatic rings. The molecule has 0 unspecified atom stereocenters. The number of nitrogens with one attached hydrogen (secondary N) is 1. The fourth-order valence-electron chi connectivity index (χ4n) is 1.11. The number of nitrogens with zero attached hydrogens (tertiary/aromatic N) is 2. The van der Waals surface area contributed by atoms with Crippen LogP contribution in [-0.2, 0) is 10.2 Å². The Morgan fingerprint density at radius 1 is 1.29 bits per heavy atom. The number of benzene rings is 1. The highest BCUT2D eigenvalue weighted by atomic mass is 32.2. The molecule has 92 valence electrons. The summed E-state index contributed by atoms with van der Waals surface area (Å²) in [5.74, 6) is 0. The van der Waals surface area contributed by atoms with Crippen LogP contribution in [0.25, 0.3) is 0 Å². The minimum atomic E-state index is -3.53. The van der Waals surface area contributed by atoms with Crippen LogP contribution in [0.4, 0.5) is 5.69 Å². The molecule has 0 aliphatic rings. The minimum absolute atomic E-state index is 0.120. The number of anilines is 1. The Labute approximate surface area is 102 Å². The van der Waals surface area contributed by atoms with E-state index in [0.717, 1.165) is 0 Å². The zero-order chi connectivity index (χ0) is 13.1. The molecule has 0 aromatic heterocycles. The van der Waals surface area contributed by atoms with Crippen molar-refractivity contribution in [3.8, 4) is 6.07 Å². The number of nitriles is 1. The van der Waals surface area contributed by atoms with Crippen molar-refractivity contribution in [3.63, 3.8) is 0 Å². The molecule has 0 heterocycles. The molecule has 0 aliphatic carbocycles. The molecule has 5 nitrogen and oxygen atoms in total. The summed E-state index contributed by atoms with van der Waals surface area (Å²) in [6.45, 7) is 3.58. The first kappa shape index (κ1) is 13.5. The third kappa shape index (κ3) is 3.44. The van der Waals surface area contributed by atoms with E-state index in [1.807, 2.05) is 6.07 Å². The van der Waals surface area contributed by atoms with Crippen molar-refractivity contribution in [2.45, 2.75) is 19.9 Å². The Morgan fingerprint density at radius 3 is 2.24 bits per heavy atom. The largest absolute Gasteiger partial charge is 0.301 e. The van der Waals surface area contributed by atoms with E-state index in [2.05, 4.69) is 4.72 Å². The predicted octanol–water partition coefficient (Wildman–Crippen LogP) is 1.56. The third-order valence-electron chi connectivity index (χ3n) is 2.37. The smallest absolute Gasteiger partial charge is 0.271 e. The van der Waals surface area contributed by atoms with Crippen LogP contribution >= 0.6 is 0 Å². The molecule has 0 saturated carbocycles. The number of rotatable bonds is 4. The van der Waals surface area contributed by atoms with E-state index in [1.54, 1.807) is 38.1 Å². The Balaban J connectivity index is 2.87. The molecule has 6 heteroatoms. The van der Waals surface area contributed by atoms with Gasteiger partial charge in [0.2, 0.25) is 0 Å². The van der Waals surface area contributed by atoms with Crippen molar-refractivity contribution < 1.29 is 8.42 Å². The molecule has 0 amide bonds. The van der Waals surface area contributed by atoms with Crippen molar-refractivity contribution in [3.05, 3.63) is 29.8 Å². The standard InChI is InChI=1S/C11H15N3O2S/c1-9(2)14(3)17(15,16)13-11-6-4-10(8-12)5-7-11/h4-7,9,13H,1-3H3. The SMILES string of the molecule is CC(C)N(C)S(=O)(=O)Nc1ccc(C#N)cc1. The van der Waals surface area contributed by atoms with Crippen molar-refractivity contribution in [2.75, 3.05) is 11.8 Å². The van der Waals surface area contributed by atoms with Gasteiger partial charge in [0.1, 0.15) is 0 Å². The van der Waals surface area contributed by atoms with Crippen LogP contribution < -0.4 is 4.72 Å². The Morgan fingerprint density at radius 2 is 1.82 bits per heavy atom. The summed E-state index contributed by atoms with van der Waals surface area (Å²) in [5.41, 5.74) is 0.932. The van der Waals surface area contributed by atoms with E-state index in [9.17, 15) is 8.42 Å². The maximum Gasteiger partial charge on any atom is 0.301 e. The Bertz CT molecular complexity index is 515. The number of hydrogen-bond donors (Lipinski definition) is 1. The molecule has 17 heavy (non-hydrogen) atoms. The molecule has 0 radical (unpaired) electrons. The first-order valence-electron chi connectivity index (χ1n) is 5.13. The topological polar surface area (TPSA) is 73.2 Å². The van der Waals surface area contributed by atoms with Gasteiger partial charge in [-0.25, -0.2) is 0 Å². The van der Waals surface area contributed by atoms with Gasteiger partial charge in [0.05, 0.1) is 11.6 Å². The average molecular weight is 253 g/mol. The summed E-state index contributed by atoms with van der Waals surface area (Å²) in [7, 11) is -2.02.